The number of nitrogens with two attached hydrogens (primary N) is 1. The fourth-order valence-electron chi connectivity index (χ4n) is 3.41. The Morgan fingerprint density at radius 1 is 1.24 bits per heavy atom. The summed E-state index contributed by atoms with van der Waals surface area (Å²) in [4.78, 5) is 12.9. The van der Waals surface area contributed by atoms with E-state index < -0.39 is 0 Å². The zero-order valence-electron chi connectivity index (χ0n) is 13.3. The molecule has 0 atom stereocenters. The minimum atomic E-state index is -0.314. The molecule has 2 N–H and O–H groups in total. The Hall–Kier alpha value is -1.35. The second-order valence-corrected chi connectivity index (χ2v) is 6.31. The lowest BCUT2D eigenvalue weighted by atomic mass is 9.74. The minimum Gasteiger partial charge on any atom is -0.496 e. The van der Waals surface area contributed by atoms with E-state index in [0.29, 0.717) is 13.0 Å². The molecule has 1 aliphatic rings. The van der Waals surface area contributed by atoms with Crippen molar-refractivity contribution >= 4 is 5.78 Å². The number of carbonyl (C=O) groups is 1. The molecule has 0 heterocycles. The Morgan fingerprint density at radius 2 is 1.90 bits per heavy atom. The topological polar surface area (TPSA) is 52.3 Å². The summed E-state index contributed by atoms with van der Waals surface area (Å²) in [6, 6.07) is 6.01. The highest BCUT2D eigenvalue weighted by atomic mass is 16.5. The Labute approximate surface area is 127 Å². The van der Waals surface area contributed by atoms with Crippen molar-refractivity contribution in [3.63, 3.8) is 0 Å². The summed E-state index contributed by atoms with van der Waals surface area (Å²) in [6.07, 6.45) is 7.00. The number of aryl methyl sites for hydroxylation is 1. The Kier molecular flexibility index (Phi) is 5.40. The van der Waals surface area contributed by atoms with Gasteiger partial charge in [-0.05, 0) is 25.8 Å². The molecular weight excluding hydrogens is 262 g/mol. The molecule has 0 aromatic heterocycles. The molecule has 0 radical (unpaired) electrons. The second-order valence-electron chi connectivity index (χ2n) is 6.31. The van der Waals surface area contributed by atoms with E-state index in [2.05, 4.69) is 6.07 Å². The van der Waals surface area contributed by atoms with Gasteiger partial charge >= 0.3 is 0 Å². The van der Waals surface area contributed by atoms with E-state index in [-0.39, 0.29) is 11.2 Å². The number of ketones is 1. The molecule has 1 aromatic carbocycles. The molecule has 1 aliphatic carbocycles. The fraction of sp³-hybridized carbons (Fsp3) is 0.611. The van der Waals surface area contributed by atoms with E-state index in [9.17, 15) is 4.79 Å². The number of benzene rings is 1. The molecule has 3 heteroatoms. The molecule has 0 saturated heterocycles. The maximum absolute atomic E-state index is 12.9. The van der Waals surface area contributed by atoms with Gasteiger partial charge in [-0.2, -0.15) is 0 Å². The molecule has 0 unspecified atom stereocenters. The van der Waals surface area contributed by atoms with Crippen LogP contribution in [0, 0.1) is 12.3 Å². The molecule has 2 rings (SSSR count). The van der Waals surface area contributed by atoms with Crippen LogP contribution in [0.1, 0.15) is 49.7 Å². The number of hydrogen-bond donors (Lipinski definition) is 1. The van der Waals surface area contributed by atoms with Gasteiger partial charge < -0.3 is 10.5 Å². The monoisotopic (exact) mass is 289 g/mol. The standard InChI is InChI=1S/C18H27NO2/c1-14-7-8-16(21-2)15(11-14)12-17(20)18(13-19)9-5-3-4-6-10-18/h7-8,11H,3-6,9-10,12-13,19H2,1-2H3. The van der Waals surface area contributed by atoms with Crippen molar-refractivity contribution in [2.45, 2.75) is 51.9 Å². The van der Waals surface area contributed by atoms with E-state index in [0.717, 1.165) is 42.6 Å². The van der Waals surface area contributed by atoms with Crippen LogP contribution >= 0.6 is 0 Å². The molecule has 1 saturated carbocycles. The first kappa shape index (κ1) is 16.0. The second kappa shape index (κ2) is 7.08. The third-order valence-electron chi connectivity index (χ3n) is 4.83. The minimum absolute atomic E-state index is 0.288. The largest absolute Gasteiger partial charge is 0.496 e. The lowest BCUT2D eigenvalue weighted by molar-refractivity contribution is -0.128. The quantitative estimate of drug-likeness (QED) is 0.845. The van der Waals surface area contributed by atoms with E-state index in [1.165, 1.54) is 12.8 Å². The summed E-state index contributed by atoms with van der Waals surface area (Å²) in [5.41, 5.74) is 7.84. The maximum Gasteiger partial charge on any atom is 0.144 e. The molecular formula is C18H27NO2. The van der Waals surface area contributed by atoms with E-state index in [1.54, 1.807) is 7.11 Å². The highest BCUT2D eigenvalue weighted by Crippen LogP contribution is 2.36. The van der Waals surface area contributed by atoms with Crippen LogP contribution in [0.5, 0.6) is 5.75 Å². The van der Waals surface area contributed by atoms with Gasteiger partial charge in [-0.25, -0.2) is 0 Å². The van der Waals surface area contributed by atoms with Crippen LogP contribution < -0.4 is 10.5 Å². The van der Waals surface area contributed by atoms with Crippen LogP contribution in [0.4, 0.5) is 0 Å². The van der Waals surface area contributed by atoms with Crippen molar-refractivity contribution < 1.29 is 9.53 Å². The van der Waals surface area contributed by atoms with Crippen molar-refractivity contribution in [2.24, 2.45) is 11.1 Å². The SMILES string of the molecule is COc1ccc(C)cc1CC(=O)C1(CN)CCCCCC1. The van der Waals surface area contributed by atoms with Gasteiger partial charge in [-0.3, -0.25) is 4.79 Å². The third kappa shape index (κ3) is 3.65. The molecule has 21 heavy (non-hydrogen) atoms. The highest BCUT2D eigenvalue weighted by Gasteiger charge is 2.36. The number of Topliss-reactive ketones (excluding diaryl/α,β-unsaturated/α-hetero) is 1. The van der Waals surface area contributed by atoms with E-state index in [1.807, 2.05) is 19.1 Å². The first-order chi connectivity index (χ1) is 10.1. The average molecular weight is 289 g/mol. The fourth-order valence-corrected chi connectivity index (χ4v) is 3.41. The van der Waals surface area contributed by atoms with E-state index in [4.69, 9.17) is 10.5 Å². The summed E-state index contributed by atoms with van der Waals surface area (Å²) < 4.78 is 5.40. The Morgan fingerprint density at radius 3 is 2.48 bits per heavy atom. The van der Waals surface area contributed by atoms with Gasteiger partial charge in [0.25, 0.3) is 0 Å². The highest BCUT2D eigenvalue weighted by molar-refractivity contribution is 5.87. The smallest absolute Gasteiger partial charge is 0.144 e. The van der Waals surface area contributed by atoms with Gasteiger partial charge in [-0.15, -0.1) is 0 Å². The van der Waals surface area contributed by atoms with Crippen LogP contribution in [-0.4, -0.2) is 19.4 Å². The van der Waals surface area contributed by atoms with Gasteiger partial charge in [0.05, 0.1) is 7.11 Å². The zero-order valence-corrected chi connectivity index (χ0v) is 13.3. The first-order valence-corrected chi connectivity index (χ1v) is 7.98. The number of rotatable bonds is 5. The van der Waals surface area contributed by atoms with Crippen molar-refractivity contribution in [3.05, 3.63) is 29.3 Å². The van der Waals surface area contributed by atoms with E-state index >= 15 is 0 Å². The molecule has 0 aliphatic heterocycles. The summed E-state index contributed by atoms with van der Waals surface area (Å²) in [6.45, 7) is 2.51. The number of ether oxygens (including phenoxy) is 1. The summed E-state index contributed by atoms with van der Waals surface area (Å²) in [7, 11) is 1.66. The first-order valence-electron chi connectivity index (χ1n) is 7.98. The van der Waals surface area contributed by atoms with Crippen LogP contribution in [0.2, 0.25) is 0 Å². The molecule has 1 fully saturated rings. The number of methoxy groups -OCH3 is 1. The third-order valence-corrected chi connectivity index (χ3v) is 4.83. The lowest BCUT2D eigenvalue weighted by Gasteiger charge is -2.30. The molecule has 3 nitrogen and oxygen atoms in total. The molecule has 0 bridgehead atoms. The van der Waals surface area contributed by atoms with Crippen molar-refractivity contribution in [1.82, 2.24) is 0 Å². The van der Waals surface area contributed by atoms with Crippen LogP contribution in [0.15, 0.2) is 18.2 Å². The van der Waals surface area contributed by atoms with Crippen LogP contribution in [-0.2, 0) is 11.2 Å². The Balaban J connectivity index is 2.21. The van der Waals surface area contributed by atoms with Crippen molar-refractivity contribution in [2.75, 3.05) is 13.7 Å². The molecule has 116 valence electrons. The van der Waals surface area contributed by atoms with Crippen LogP contribution in [0.25, 0.3) is 0 Å². The van der Waals surface area contributed by atoms with Gasteiger partial charge in [0.2, 0.25) is 0 Å². The predicted molar refractivity (Wildman–Crippen MR) is 85.6 cm³/mol. The van der Waals surface area contributed by atoms with Gasteiger partial charge in [0.1, 0.15) is 11.5 Å². The lowest BCUT2D eigenvalue weighted by Crippen LogP contribution is -2.39. The number of carbonyl (C=O) groups excluding carboxylic acids is 1. The summed E-state index contributed by atoms with van der Waals surface area (Å²) in [5, 5.41) is 0. The molecule has 0 spiro atoms. The summed E-state index contributed by atoms with van der Waals surface area (Å²) in [5.74, 6) is 1.09. The normalized spacial score (nSPS) is 18.0. The van der Waals surface area contributed by atoms with Crippen LogP contribution in [0.3, 0.4) is 0 Å². The average Bonchev–Trinajstić information content (AvgIpc) is 2.74. The maximum atomic E-state index is 12.9. The summed E-state index contributed by atoms with van der Waals surface area (Å²) >= 11 is 0. The van der Waals surface area contributed by atoms with Crippen molar-refractivity contribution in [3.8, 4) is 5.75 Å². The van der Waals surface area contributed by atoms with Gasteiger partial charge in [-0.1, -0.05) is 43.4 Å². The zero-order chi connectivity index (χ0) is 15.3. The molecule has 0 amide bonds. The Bertz CT molecular complexity index is 488. The van der Waals surface area contributed by atoms with Crippen molar-refractivity contribution in [1.29, 1.82) is 0 Å². The van der Waals surface area contributed by atoms with Gasteiger partial charge in [0, 0.05) is 23.9 Å². The van der Waals surface area contributed by atoms with Gasteiger partial charge in [0.15, 0.2) is 0 Å². The molecule has 1 aromatic rings. The predicted octanol–water partition coefficient (Wildman–Crippen LogP) is 3.41. The number of hydrogen-bond acceptors (Lipinski definition) is 3.